The Morgan fingerprint density at radius 2 is 1.68 bits per heavy atom. The summed E-state index contributed by atoms with van der Waals surface area (Å²) in [6.45, 7) is 2.21. The topological polar surface area (TPSA) is 35.5 Å². The summed E-state index contributed by atoms with van der Waals surface area (Å²) in [7, 11) is 2.37. The van der Waals surface area contributed by atoms with Gasteiger partial charge >= 0.3 is 9.28 Å². The van der Waals surface area contributed by atoms with Gasteiger partial charge in [0.15, 0.2) is 5.12 Å². The van der Waals surface area contributed by atoms with Crippen molar-refractivity contribution in [2.45, 2.75) is 64.3 Å². The molecule has 19 heavy (non-hydrogen) atoms. The molecule has 0 aliphatic carbocycles. The van der Waals surface area contributed by atoms with Gasteiger partial charge in [0.2, 0.25) is 0 Å². The van der Waals surface area contributed by atoms with Crippen molar-refractivity contribution >= 4 is 26.2 Å². The number of hydrogen-bond donors (Lipinski definition) is 0. The first-order valence-corrected chi connectivity index (χ1v) is 9.85. The van der Waals surface area contributed by atoms with E-state index in [1.54, 1.807) is 14.2 Å². The minimum Gasteiger partial charge on any atom is -0.397 e. The fourth-order valence-corrected chi connectivity index (χ4v) is 3.77. The number of carbonyl (C=O) groups excluding carboxylic acids is 1. The molecule has 0 aliphatic heterocycles. The van der Waals surface area contributed by atoms with Gasteiger partial charge in [-0.25, -0.2) is 0 Å². The Morgan fingerprint density at radius 3 is 2.32 bits per heavy atom. The average Bonchev–Trinajstić information content (AvgIpc) is 2.42. The molecule has 0 saturated carbocycles. The van der Waals surface area contributed by atoms with Crippen LogP contribution >= 0.6 is 11.8 Å². The molecular formula is C14H29O3SSi. The van der Waals surface area contributed by atoms with E-state index in [-0.39, 0.29) is 0 Å². The first-order valence-electron chi connectivity index (χ1n) is 7.34. The third-order valence-electron chi connectivity index (χ3n) is 2.98. The number of carbonyl (C=O) groups is 1. The highest BCUT2D eigenvalue weighted by molar-refractivity contribution is 8.13. The first-order chi connectivity index (χ1) is 9.24. The van der Waals surface area contributed by atoms with Gasteiger partial charge in [-0.15, -0.1) is 0 Å². The van der Waals surface area contributed by atoms with E-state index in [9.17, 15) is 4.79 Å². The molecule has 113 valence electrons. The fourth-order valence-electron chi connectivity index (χ4n) is 1.79. The van der Waals surface area contributed by atoms with Crippen LogP contribution in [0.5, 0.6) is 0 Å². The minimum atomic E-state index is -1.04. The molecule has 0 aromatic carbocycles. The van der Waals surface area contributed by atoms with Crippen molar-refractivity contribution in [2.24, 2.45) is 0 Å². The van der Waals surface area contributed by atoms with Gasteiger partial charge in [0.25, 0.3) is 0 Å². The maximum Gasteiger partial charge on any atom is 0.384 e. The highest BCUT2D eigenvalue weighted by Crippen LogP contribution is 2.14. The van der Waals surface area contributed by atoms with Crippen LogP contribution in [0.2, 0.25) is 6.04 Å². The Balaban J connectivity index is 3.29. The summed E-state index contributed by atoms with van der Waals surface area (Å²) in [5, 5.41) is 0.362. The van der Waals surface area contributed by atoms with E-state index in [0.717, 1.165) is 37.5 Å². The molecule has 0 bridgehead atoms. The molecule has 0 atom stereocenters. The van der Waals surface area contributed by atoms with Crippen molar-refractivity contribution < 1.29 is 13.6 Å². The largest absolute Gasteiger partial charge is 0.397 e. The maximum atomic E-state index is 11.6. The highest BCUT2D eigenvalue weighted by Gasteiger charge is 2.11. The predicted octanol–water partition coefficient (Wildman–Crippen LogP) is 4.17. The van der Waals surface area contributed by atoms with Crippen LogP contribution in [-0.2, 0) is 13.6 Å². The summed E-state index contributed by atoms with van der Waals surface area (Å²) in [5.41, 5.74) is 0. The number of rotatable bonds is 13. The molecule has 0 aromatic rings. The average molecular weight is 306 g/mol. The lowest BCUT2D eigenvalue weighted by Gasteiger charge is -2.08. The van der Waals surface area contributed by atoms with Gasteiger partial charge in [-0.2, -0.15) is 0 Å². The Labute approximate surface area is 124 Å². The lowest BCUT2D eigenvalue weighted by molar-refractivity contribution is -0.111. The third kappa shape index (κ3) is 12.9. The van der Waals surface area contributed by atoms with E-state index >= 15 is 0 Å². The third-order valence-corrected chi connectivity index (χ3v) is 5.67. The van der Waals surface area contributed by atoms with E-state index in [1.165, 1.54) is 37.4 Å². The Morgan fingerprint density at radius 1 is 1.00 bits per heavy atom. The van der Waals surface area contributed by atoms with Crippen LogP contribution in [0.15, 0.2) is 0 Å². The summed E-state index contributed by atoms with van der Waals surface area (Å²) >= 11 is 1.50. The Hall–Kier alpha value is 0.157. The monoisotopic (exact) mass is 305 g/mol. The molecule has 0 heterocycles. The zero-order chi connectivity index (χ0) is 14.3. The summed E-state index contributed by atoms with van der Waals surface area (Å²) < 4.78 is 10.4. The molecule has 0 unspecified atom stereocenters. The molecule has 0 saturated heterocycles. The molecule has 5 heteroatoms. The highest BCUT2D eigenvalue weighted by atomic mass is 32.2. The molecular weight excluding hydrogens is 276 g/mol. The second-order valence-electron chi connectivity index (χ2n) is 4.62. The van der Waals surface area contributed by atoms with Gasteiger partial charge in [-0.1, -0.05) is 50.8 Å². The van der Waals surface area contributed by atoms with Crippen molar-refractivity contribution in [3.63, 3.8) is 0 Å². The van der Waals surface area contributed by atoms with Gasteiger partial charge in [-0.05, 0) is 18.9 Å². The summed E-state index contributed by atoms with van der Waals surface area (Å²) in [5.74, 6) is 0.941. The Bertz CT molecular complexity index is 211. The molecule has 0 fully saturated rings. The van der Waals surface area contributed by atoms with Gasteiger partial charge in [0, 0.05) is 26.4 Å². The quantitative estimate of drug-likeness (QED) is 0.378. The molecule has 0 rings (SSSR count). The van der Waals surface area contributed by atoms with Crippen molar-refractivity contribution in [3.05, 3.63) is 0 Å². The van der Waals surface area contributed by atoms with Crippen molar-refractivity contribution in [3.8, 4) is 0 Å². The van der Waals surface area contributed by atoms with Crippen LogP contribution in [-0.4, -0.2) is 34.4 Å². The van der Waals surface area contributed by atoms with Gasteiger partial charge < -0.3 is 8.85 Å². The summed E-state index contributed by atoms with van der Waals surface area (Å²) in [4.78, 5) is 11.6. The molecule has 0 amide bonds. The number of thioether (sulfide) groups is 1. The molecule has 3 nitrogen and oxygen atoms in total. The standard InChI is InChI=1S/C14H29O3SSi/c1-4-5-6-7-8-11-14(15)18-12-9-10-13-19(16-2)17-3/h4-13H2,1-3H3. The molecule has 0 spiro atoms. The second-order valence-corrected chi connectivity index (χ2v) is 7.83. The van der Waals surface area contributed by atoms with Gasteiger partial charge in [0.1, 0.15) is 0 Å². The second kappa shape index (κ2) is 14.6. The lowest BCUT2D eigenvalue weighted by atomic mass is 10.1. The molecule has 1 radical (unpaired) electrons. The zero-order valence-electron chi connectivity index (χ0n) is 12.7. The van der Waals surface area contributed by atoms with Gasteiger partial charge in [-0.3, -0.25) is 4.79 Å². The predicted molar refractivity (Wildman–Crippen MR) is 84.7 cm³/mol. The van der Waals surface area contributed by atoms with Crippen LogP contribution in [0.3, 0.4) is 0 Å². The summed E-state index contributed by atoms with van der Waals surface area (Å²) in [6.07, 6.45) is 9.01. The van der Waals surface area contributed by atoms with Crippen molar-refractivity contribution in [2.75, 3.05) is 20.0 Å². The van der Waals surface area contributed by atoms with Crippen LogP contribution in [0.1, 0.15) is 58.3 Å². The van der Waals surface area contributed by atoms with Crippen molar-refractivity contribution in [1.29, 1.82) is 0 Å². The smallest absolute Gasteiger partial charge is 0.384 e. The molecule has 0 aromatic heterocycles. The minimum absolute atomic E-state index is 0.362. The first kappa shape index (κ1) is 19.2. The summed E-state index contributed by atoms with van der Waals surface area (Å²) in [6, 6.07) is 1.00. The Kier molecular flexibility index (Phi) is 14.7. The van der Waals surface area contributed by atoms with E-state index in [0.29, 0.717) is 5.12 Å². The van der Waals surface area contributed by atoms with E-state index in [4.69, 9.17) is 8.85 Å². The van der Waals surface area contributed by atoms with Crippen LogP contribution < -0.4 is 0 Å². The normalized spacial score (nSPS) is 11.2. The number of unbranched alkanes of at least 4 members (excludes halogenated alkanes) is 5. The fraction of sp³-hybridized carbons (Fsp3) is 0.929. The lowest BCUT2D eigenvalue weighted by Crippen LogP contribution is -2.18. The number of hydrogen-bond acceptors (Lipinski definition) is 4. The zero-order valence-corrected chi connectivity index (χ0v) is 14.5. The van der Waals surface area contributed by atoms with Crippen LogP contribution in [0, 0.1) is 0 Å². The SMILES string of the molecule is CCCCCCCC(=O)SCCCC[Si](OC)OC. The van der Waals surface area contributed by atoms with E-state index in [1.807, 2.05) is 0 Å². The molecule has 0 N–H and O–H groups in total. The van der Waals surface area contributed by atoms with Crippen LogP contribution in [0.25, 0.3) is 0 Å². The maximum absolute atomic E-state index is 11.6. The van der Waals surface area contributed by atoms with E-state index < -0.39 is 9.28 Å². The molecule has 0 aliphatic rings. The van der Waals surface area contributed by atoms with E-state index in [2.05, 4.69) is 6.92 Å². The van der Waals surface area contributed by atoms with Crippen molar-refractivity contribution in [1.82, 2.24) is 0 Å². The van der Waals surface area contributed by atoms with Crippen LogP contribution in [0.4, 0.5) is 0 Å². The van der Waals surface area contributed by atoms with Gasteiger partial charge in [0.05, 0.1) is 0 Å².